The largest absolute Gasteiger partial charge is 0.477 e. The molecular formula is C5H5NO5S. The Bertz CT molecular complexity index is 403. The quantitative estimate of drug-likeness (QED) is 0.693. The molecule has 0 aromatic carbocycles. The second kappa shape index (κ2) is 2.59. The van der Waals surface area contributed by atoms with E-state index in [1.54, 1.807) is 0 Å². The maximum atomic E-state index is 10.8. The number of sulfone groups is 1. The fourth-order valence-electron chi connectivity index (χ4n) is 0.639. The van der Waals surface area contributed by atoms with E-state index in [1.807, 2.05) is 0 Å². The zero-order valence-corrected chi connectivity index (χ0v) is 6.83. The highest BCUT2D eigenvalue weighted by Crippen LogP contribution is 2.13. The van der Waals surface area contributed by atoms with Gasteiger partial charge in [-0.25, -0.2) is 13.2 Å². The molecule has 7 heteroatoms. The first-order valence-electron chi connectivity index (χ1n) is 2.81. The van der Waals surface area contributed by atoms with Crippen molar-refractivity contribution in [3.05, 3.63) is 11.8 Å². The zero-order valence-electron chi connectivity index (χ0n) is 6.01. The van der Waals surface area contributed by atoms with Crippen molar-refractivity contribution >= 4 is 15.8 Å². The number of hydrogen-bond donors (Lipinski definition) is 1. The summed E-state index contributed by atoms with van der Waals surface area (Å²) < 4.78 is 25.9. The van der Waals surface area contributed by atoms with Crippen molar-refractivity contribution in [1.82, 2.24) is 5.16 Å². The van der Waals surface area contributed by atoms with Gasteiger partial charge in [0.2, 0.25) is 9.84 Å². The van der Waals surface area contributed by atoms with Crippen LogP contribution < -0.4 is 0 Å². The Morgan fingerprint density at radius 1 is 1.67 bits per heavy atom. The van der Waals surface area contributed by atoms with E-state index < -0.39 is 26.5 Å². The van der Waals surface area contributed by atoms with E-state index in [-0.39, 0.29) is 0 Å². The fourth-order valence-corrected chi connectivity index (χ4v) is 1.36. The smallest absolute Gasteiger partial charge is 0.342 e. The van der Waals surface area contributed by atoms with Crippen molar-refractivity contribution in [3.8, 4) is 0 Å². The molecule has 0 amide bonds. The Morgan fingerprint density at radius 3 is 2.58 bits per heavy atom. The van der Waals surface area contributed by atoms with Crippen molar-refractivity contribution < 1.29 is 22.8 Å². The van der Waals surface area contributed by atoms with Crippen molar-refractivity contribution in [3.63, 3.8) is 0 Å². The molecule has 1 aromatic heterocycles. The van der Waals surface area contributed by atoms with E-state index in [1.165, 1.54) is 0 Å². The molecule has 0 spiro atoms. The van der Waals surface area contributed by atoms with E-state index in [4.69, 9.17) is 5.11 Å². The highest BCUT2D eigenvalue weighted by molar-refractivity contribution is 7.90. The van der Waals surface area contributed by atoms with Gasteiger partial charge in [0.05, 0.1) is 6.20 Å². The van der Waals surface area contributed by atoms with Crippen molar-refractivity contribution in [1.29, 1.82) is 0 Å². The summed E-state index contributed by atoms with van der Waals surface area (Å²) in [6.45, 7) is 0. The maximum absolute atomic E-state index is 10.8. The molecule has 0 saturated carbocycles. The minimum absolute atomic E-state index is 0.447. The first-order valence-corrected chi connectivity index (χ1v) is 4.70. The van der Waals surface area contributed by atoms with Gasteiger partial charge in [0.25, 0.3) is 5.09 Å². The van der Waals surface area contributed by atoms with Gasteiger partial charge in [-0.15, -0.1) is 0 Å². The molecule has 0 bridgehead atoms. The molecule has 0 unspecified atom stereocenters. The third-order valence-electron chi connectivity index (χ3n) is 1.10. The predicted molar refractivity (Wildman–Crippen MR) is 36.6 cm³/mol. The zero-order chi connectivity index (χ0) is 9.35. The summed E-state index contributed by atoms with van der Waals surface area (Å²) >= 11 is 0. The molecular weight excluding hydrogens is 186 g/mol. The Balaban J connectivity index is 3.36. The van der Waals surface area contributed by atoms with Gasteiger partial charge in [-0.2, -0.15) is 0 Å². The second-order valence-electron chi connectivity index (χ2n) is 2.10. The van der Waals surface area contributed by atoms with Crippen LogP contribution in [0.4, 0.5) is 0 Å². The van der Waals surface area contributed by atoms with Crippen LogP contribution in [0.25, 0.3) is 0 Å². The first-order chi connectivity index (χ1) is 5.43. The average molecular weight is 191 g/mol. The van der Waals surface area contributed by atoms with Crippen LogP contribution in [-0.2, 0) is 9.84 Å². The summed E-state index contributed by atoms with van der Waals surface area (Å²) in [5, 5.41) is 10.9. The van der Waals surface area contributed by atoms with Crippen LogP contribution >= 0.6 is 0 Å². The molecule has 0 aliphatic carbocycles. The van der Waals surface area contributed by atoms with Gasteiger partial charge >= 0.3 is 5.97 Å². The van der Waals surface area contributed by atoms with E-state index >= 15 is 0 Å². The van der Waals surface area contributed by atoms with Gasteiger partial charge < -0.3 is 9.63 Å². The van der Waals surface area contributed by atoms with E-state index in [9.17, 15) is 13.2 Å². The molecule has 0 fully saturated rings. The highest BCUT2D eigenvalue weighted by Gasteiger charge is 2.23. The van der Waals surface area contributed by atoms with E-state index in [2.05, 4.69) is 9.68 Å². The predicted octanol–water partition coefficient (Wildman–Crippen LogP) is -0.224. The van der Waals surface area contributed by atoms with Crippen LogP contribution in [0, 0.1) is 0 Å². The Labute approximate surface area is 67.7 Å². The third kappa shape index (κ3) is 1.45. The number of carboxylic acids is 1. The molecule has 0 aliphatic rings. The molecule has 0 atom stereocenters. The number of hydrogen-bond acceptors (Lipinski definition) is 5. The monoisotopic (exact) mass is 191 g/mol. The normalized spacial score (nSPS) is 11.4. The Kier molecular flexibility index (Phi) is 1.89. The summed E-state index contributed by atoms with van der Waals surface area (Å²) in [7, 11) is -3.65. The van der Waals surface area contributed by atoms with Gasteiger partial charge in [0, 0.05) is 6.26 Å². The van der Waals surface area contributed by atoms with Crippen LogP contribution in [0.15, 0.2) is 15.8 Å². The van der Waals surface area contributed by atoms with Crippen LogP contribution in [0.1, 0.15) is 10.4 Å². The summed E-state index contributed by atoms with van der Waals surface area (Å²) in [5.41, 5.74) is -0.447. The molecule has 1 aromatic rings. The lowest BCUT2D eigenvalue weighted by Crippen LogP contribution is -2.04. The van der Waals surface area contributed by atoms with Crippen molar-refractivity contribution in [2.24, 2.45) is 0 Å². The Hall–Kier alpha value is -1.37. The summed E-state index contributed by atoms with van der Waals surface area (Å²) in [6, 6.07) is 0. The minimum atomic E-state index is -3.65. The van der Waals surface area contributed by atoms with Crippen LogP contribution in [-0.4, -0.2) is 30.9 Å². The number of aromatic nitrogens is 1. The molecule has 12 heavy (non-hydrogen) atoms. The van der Waals surface area contributed by atoms with Crippen molar-refractivity contribution in [2.75, 3.05) is 6.26 Å². The third-order valence-corrected chi connectivity index (χ3v) is 2.07. The molecule has 6 nitrogen and oxygen atoms in total. The van der Waals surface area contributed by atoms with E-state index in [0.717, 1.165) is 12.5 Å². The lowest BCUT2D eigenvalue weighted by molar-refractivity contribution is 0.0689. The highest BCUT2D eigenvalue weighted by atomic mass is 32.2. The number of carboxylic acid groups (broad SMARTS) is 1. The van der Waals surface area contributed by atoms with Gasteiger partial charge in [-0.05, 0) is 0 Å². The van der Waals surface area contributed by atoms with Crippen LogP contribution in [0.3, 0.4) is 0 Å². The molecule has 66 valence electrons. The molecule has 0 saturated heterocycles. The number of carbonyl (C=O) groups is 1. The van der Waals surface area contributed by atoms with E-state index in [0.29, 0.717) is 0 Å². The Morgan fingerprint density at radius 2 is 2.25 bits per heavy atom. The number of aromatic carboxylic acids is 1. The van der Waals surface area contributed by atoms with Gasteiger partial charge in [0.15, 0.2) is 0 Å². The summed E-state index contributed by atoms with van der Waals surface area (Å²) in [5.74, 6) is -1.38. The molecule has 0 radical (unpaired) electrons. The summed E-state index contributed by atoms with van der Waals surface area (Å²) in [4.78, 5) is 10.4. The van der Waals surface area contributed by atoms with Crippen LogP contribution in [0.5, 0.6) is 0 Å². The van der Waals surface area contributed by atoms with Crippen LogP contribution in [0.2, 0.25) is 0 Å². The van der Waals surface area contributed by atoms with Gasteiger partial charge in [0.1, 0.15) is 5.56 Å². The fraction of sp³-hybridized carbons (Fsp3) is 0.200. The summed E-state index contributed by atoms with van der Waals surface area (Å²) in [6.07, 6.45) is 1.69. The molecule has 1 N–H and O–H groups in total. The maximum Gasteiger partial charge on any atom is 0.342 e. The molecule has 1 rings (SSSR count). The number of rotatable bonds is 2. The SMILES string of the molecule is CS(=O)(=O)c1oncc1C(=O)O. The second-order valence-corrected chi connectivity index (χ2v) is 4.02. The number of nitrogens with zero attached hydrogens (tertiary/aromatic N) is 1. The molecule has 1 heterocycles. The topological polar surface area (TPSA) is 97.5 Å². The molecule has 0 aliphatic heterocycles. The minimum Gasteiger partial charge on any atom is -0.477 e. The lowest BCUT2D eigenvalue weighted by Gasteiger charge is -1.90. The average Bonchev–Trinajstić information content (AvgIpc) is 2.30. The first kappa shape index (κ1) is 8.72. The van der Waals surface area contributed by atoms with Gasteiger partial charge in [-0.3, -0.25) is 0 Å². The standard InChI is InChI=1S/C5H5NO5S/c1-12(9,10)5-3(4(7)8)2-6-11-5/h2H,1H3,(H,7,8). The van der Waals surface area contributed by atoms with Gasteiger partial charge in [-0.1, -0.05) is 5.16 Å². The van der Waals surface area contributed by atoms with Crippen molar-refractivity contribution in [2.45, 2.75) is 5.09 Å². The lowest BCUT2D eigenvalue weighted by atomic mass is 10.4.